The molecule has 0 saturated carbocycles. The third-order valence-corrected chi connectivity index (χ3v) is 6.56. The van der Waals surface area contributed by atoms with Crippen molar-refractivity contribution in [3.63, 3.8) is 0 Å². The molecule has 0 aliphatic carbocycles. The zero-order valence-electron chi connectivity index (χ0n) is 18.3. The van der Waals surface area contributed by atoms with Crippen molar-refractivity contribution < 1.29 is 9.18 Å². The molecule has 1 aromatic heterocycles. The van der Waals surface area contributed by atoms with Crippen molar-refractivity contribution in [2.75, 3.05) is 26.2 Å². The average molecular weight is 433 g/mol. The van der Waals surface area contributed by atoms with Crippen LogP contribution < -0.4 is 0 Å². The molecule has 2 aliphatic rings. The molecule has 1 amide bonds. The van der Waals surface area contributed by atoms with Crippen molar-refractivity contribution in [3.8, 4) is 11.4 Å². The third kappa shape index (κ3) is 4.32. The highest BCUT2D eigenvalue weighted by atomic mass is 19.1. The van der Waals surface area contributed by atoms with E-state index < -0.39 is 0 Å². The molecule has 0 bridgehead atoms. The van der Waals surface area contributed by atoms with Gasteiger partial charge in [0, 0.05) is 44.8 Å². The lowest BCUT2D eigenvalue weighted by Gasteiger charge is -2.34. The molecule has 0 atom stereocenters. The summed E-state index contributed by atoms with van der Waals surface area (Å²) >= 11 is 0. The van der Waals surface area contributed by atoms with Gasteiger partial charge < -0.3 is 9.47 Å². The van der Waals surface area contributed by atoms with Crippen LogP contribution in [0.4, 0.5) is 4.39 Å². The Bertz CT molecular complexity index is 1090. The lowest BCUT2D eigenvalue weighted by Crippen LogP contribution is -2.48. The maximum Gasteiger partial charge on any atom is 0.274 e. The summed E-state index contributed by atoms with van der Waals surface area (Å²) in [6.07, 6.45) is 4.09. The molecule has 1 fully saturated rings. The average Bonchev–Trinajstić information content (AvgIpc) is 3.00. The number of fused-ring (bicyclic) bond motifs is 1. The number of carbonyl (C=O) groups excluding carboxylic acids is 1. The van der Waals surface area contributed by atoms with E-state index in [9.17, 15) is 9.18 Å². The van der Waals surface area contributed by atoms with Crippen molar-refractivity contribution >= 4 is 5.91 Å². The Hall–Kier alpha value is -2.99. The van der Waals surface area contributed by atoms with Gasteiger partial charge in [0.05, 0.1) is 5.69 Å². The van der Waals surface area contributed by atoms with Gasteiger partial charge in [0.15, 0.2) is 0 Å². The lowest BCUT2D eigenvalue weighted by molar-refractivity contribution is 0.0622. The van der Waals surface area contributed by atoms with Crippen molar-refractivity contribution in [1.82, 2.24) is 19.4 Å². The first-order valence-corrected chi connectivity index (χ1v) is 11.6. The number of benzene rings is 2. The van der Waals surface area contributed by atoms with Crippen LogP contribution in [0.15, 0.2) is 54.6 Å². The molecule has 0 radical (unpaired) electrons. The Morgan fingerprint density at radius 3 is 2.50 bits per heavy atom. The molecule has 3 aromatic rings. The van der Waals surface area contributed by atoms with Gasteiger partial charge in [-0.25, -0.2) is 9.37 Å². The molecule has 166 valence electrons. The van der Waals surface area contributed by atoms with Gasteiger partial charge >= 0.3 is 0 Å². The third-order valence-electron chi connectivity index (χ3n) is 6.56. The predicted molar refractivity (Wildman–Crippen MR) is 123 cm³/mol. The second-order valence-corrected chi connectivity index (χ2v) is 8.76. The van der Waals surface area contributed by atoms with Crippen LogP contribution in [0.5, 0.6) is 0 Å². The van der Waals surface area contributed by atoms with Crippen LogP contribution in [0.3, 0.4) is 0 Å². The Labute approximate surface area is 188 Å². The van der Waals surface area contributed by atoms with Crippen molar-refractivity contribution in [1.29, 1.82) is 0 Å². The van der Waals surface area contributed by atoms with E-state index in [1.165, 1.54) is 17.7 Å². The number of aromatic nitrogens is 2. The largest absolute Gasteiger partial charge is 0.335 e. The monoisotopic (exact) mass is 432 g/mol. The smallest absolute Gasteiger partial charge is 0.274 e. The molecule has 32 heavy (non-hydrogen) atoms. The molecule has 0 unspecified atom stereocenters. The molecule has 2 aliphatic heterocycles. The van der Waals surface area contributed by atoms with Gasteiger partial charge in [0.2, 0.25) is 0 Å². The Morgan fingerprint density at radius 2 is 1.72 bits per heavy atom. The predicted octanol–water partition coefficient (Wildman–Crippen LogP) is 4.37. The van der Waals surface area contributed by atoms with Gasteiger partial charge in [0.1, 0.15) is 17.3 Å². The molecule has 6 heteroatoms. The summed E-state index contributed by atoms with van der Waals surface area (Å²) in [4.78, 5) is 22.6. The van der Waals surface area contributed by atoms with E-state index >= 15 is 0 Å². The minimum atomic E-state index is -0.282. The second-order valence-electron chi connectivity index (χ2n) is 8.76. The maximum atomic E-state index is 13.9. The van der Waals surface area contributed by atoms with Crippen LogP contribution in [0.25, 0.3) is 11.4 Å². The number of nitrogens with zero attached hydrogens (tertiary/aromatic N) is 4. The van der Waals surface area contributed by atoms with Gasteiger partial charge in [-0.2, -0.15) is 0 Å². The maximum absolute atomic E-state index is 13.9. The Morgan fingerprint density at radius 1 is 0.906 bits per heavy atom. The Balaban J connectivity index is 1.36. The van der Waals surface area contributed by atoms with Crippen molar-refractivity contribution in [2.45, 2.75) is 38.8 Å². The highest BCUT2D eigenvalue weighted by Crippen LogP contribution is 2.28. The molecular formula is C26H29FN4O. The molecule has 0 spiro atoms. The highest BCUT2D eigenvalue weighted by molar-refractivity contribution is 5.94. The van der Waals surface area contributed by atoms with E-state index in [1.54, 1.807) is 6.07 Å². The number of rotatable bonds is 4. The van der Waals surface area contributed by atoms with E-state index in [0.717, 1.165) is 63.1 Å². The summed E-state index contributed by atoms with van der Waals surface area (Å²) in [5.74, 6) is 0.445. The first-order chi connectivity index (χ1) is 15.7. The number of hydrogen-bond acceptors (Lipinski definition) is 3. The number of halogens is 1. The Kier molecular flexibility index (Phi) is 6.04. The quantitative estimate of drug-likeness (QED) is 0.615. The SMILES string of the molecule is O=C(c1nc(-c2cccc(F)c2)n2c1CCCCC2)N1CCN(Cc2ccccc2)CC1. The summed E-state index contributed by atoms with van der Waals surface area (Å²) in [6.45, 7) is 4.85. The van der Waals surface area contributed by atoms with E-state index in [4.69, 9.17) is 4.98 Å². The van der Waals surface area contributed by atoms with Crippen molar-refractivity contribution in [2.24, 2.45) is 0 Å². The van der Waals surface area contributed by atoms with Crippen LogP contribution in [0.2, 0.25) is 0 Å². The zero-order valence-corrected chi connectivity index (χ0v) is 18.3. The van der Waals surface area contributed by atoms with Crippen molar-refractivity contribution in [3.05, 3.63) is 77.4 Å². The lowest BCUT2D eigenvalue weighted by atomic mass is 10.1. The fourth-order valence-corrected chi connectivity index (χ4v) is 4.84. The minimum Gasteiger partial charge on any atom is -0.335 e. The van der Waals surface area contributed by atoms with Crippen LogP contribution in [-0.4, -0.2) is 51.4 Å². The van der Waals surface area contributed by atoms with Gasteiger partial charge in [-0.15, -0.1) is 0 Å². The molecule has 5 rings (SSSR count). The zero-order chi connectivity index (χ0) is 21.9. The van der Waals surface area contributed by atoms with E-state index in [2.05, 4.69) is 33.7 Å². The number of amides is 1. The van der Waals surface area contributed by atoms with Crippen LogP contribution in [0.1, 0.15) is 41.0 Å². The normalized spacial score (nSPS) is 17.1. The van der Waals surface area contributed by atoms with Gasteiger partial charge in [0.25, 0.3) is 5.91 Å². The summed E-state index contributed by atoms with van der Waals surface area (Å²) in [7, 11) is 0. The molecule has 2 aromatic carbocycles. The minimum absolute atomic E-state index is 0.0117. The number of carbonyl (C=O) groups is 1. The molecule has 5 nitrogen and oxygen atoms in total. The topological polar surface area (TPSA) is 41.4 Å². The fraction of sp³-hybridized carbons (Fsp3) is 0.385. The molecule has 1 saturated heterocycles. The van der Waals surface area contributed by atoms with Gasteiger partial charge in [-0.05, 0) is 37.0 Å². The number of imidazole rings is 1. The first kappa shape index (κ1) is 20.9. The molecule has 0 N–H and O–H groups in total. The van der Waals surface area contributed by atoms with Gasteiger partial charge in [-0.1, -0.05) is 48.9 Å². The van der Waals surface area contributed by atoms with Gasteiger partial charge in [-0.3, -0.25) is 9.69 Å². The summed E-state index contributed by atoms with van der Waals surface area (Å²) in [5, 5.41) is 0. The summed E-state index contributed by atoms with van der Waals surface area (Å²) < 4.78 is 16.1. The highest BCUT2D eigenvalue weighted by Gasteiger charge is 2.29. The fourth-order valence-electron chi connectivity index (χ4n) is 4.84. The van der Waals surface area contributed by atoms with E-state index in [1.807, 2.05) is 17.0 Å². The number of piperazine rings is 1. The first-order valence-electron chi connectivity index (χ1n) is 11.6. The second kappa shape index (κ2) is 9.25. The van der Waals surface area contributed by atoms with E-state index in [0.29, 0.717) is 24.6 Å². The molecular weight excluding hydrogens is 403 g/mol. The van der Waals surface area contributed by atoms with E-state index in [-0.39, 0.29) is 11.7 Å². The van der Waals surface area contributed by atoms with Crippen LogP contribution >= 0.6 is 0 Å². The number of hydrogen-bond donors (Lipinski definition) is 0. The summed E-state index contributed by atoms with van der Waals surface area (Å²) in [5.41, 5.74) is 3.60. The standard InChI is InChI=1S/C26H29FN4O/c27-22-11-7-10-21(18-22)25-28-24(23-12-5-2-6-13-31(23)25)26(32)30-16-14-29(15-17-30)19-20-8-3-1-4-9-20/h1,3-4,7-11,18H,2,5-6,12-17,19H2. The summed E-state index contributed by atoms with van der Waals surface area (Å²) in [6, 6.07) is 17.0. The van der Waals surface area contributed by atoms with Crippen LogP contribution in [0, 0.1) is 5.82 Å². The molecule has 3 heterocycles. The van der Waals surface area contributed by atoms with Crippen LogP contribution in [-0.2, 0) is 19.5 Å².